The van der Waals surface area contributed by atoms with E-state index in [2.05, 4.69) is 20.7 Å². The van der Waals surface area contributed by atoms with Crippen LogP contribution in [-0.2, 0) is 4.74 Å². The lowest BCUT2D eigenvalue weighted by Crippen LogP contribution is -2.11. The third kappa shape index (κ3) is 3.18. The summed E-state index contributed by atoms with van der Waals surface area (Å²) in [7, 11) is 1.66. The van der Waals surface area contributed by atoms with Crippen molar-refractivity contribution >= 4 is 34.3 Å². The maximum atomic E-state index is 5.96. The molecule has 8 nitrogen and oxygen atoms in total. The highest BCUT2D eigenvalue weighted by molar-refractivity contribution is 5.74. The first-order chi connectivity index (χ1) is 11.6. The molecule has 0 saturated carbocycles. The number of aryl methyl sites for hydroxylation is 1. The zero-order chi connectivity index (χ0) is 17.1. The van der Waals surface area contributed by atoms with E-state index < -0.39 is 0 Å². The predicted octanol–water partition coefficient (Wildman–Crippen LogP) is 2.00. The Labute approximate surface area is 139 Å². The number of fused-ring (bicyclic) bond motifs is 1. The Morgan fingerprint density at radius 2 is 2.08 bits per heavy atom. The van der Waals surface area contributed by atoms with Gasteiger partial charge in [0.05, 0.1) is 18.5 Å². The Morgan fingerprint density at radius 3 is 2.83 bits per heavy atom. The molecule has 126 valence electrons. The summed E-state index contributed by atoms with van der Waals surface area (Å²) in [6.07, 6.45) is 1.58. The molecule has 2 heterocycles. The first-order valence-electron chi connectivity index (χ1n) is 7.58. The molecule has 0 saturated heterocycles. The van der Waals surface area contributed by atoms with E-state index in [1.807, 2.05) is 31.2 Å². The number of nitrogens with zero attached hydrogens (tertiary/aromatic N) is 3. The number of ether oxygens (including phenoxy) is 1. The number of hydrogen-bond donors (Lipinski definition) is 4. The number of imidazole rings is 1. The summed E-state index contributed by atoms with van der Waals surface area (Å²) in [6.45, 7) is 3.20. The van der Waals surface area contributed by atoms with Gasteiger partial charge in [-0.1, -0.05) is 6.07 Å². The minimum absolute atomic E-state index is 0.465. The van der Waals surface area contributed by atoms with Crippen LogP contribution >= 0.6 is 0 Å². The molecule has 0 radical (unpaired) electrons. The van der Waals surface area contributed by atoms with Gasteiger partial charge in [0.2, 0.25) is 0 Å². The molecule has 0 spiro atoms. The summed E-state index contributed by atoms with van der Waals surface area (Å²) in [5, 5.41) is 11.0. The van der Waals surface area contributed by atoms with E-state index in [0.29, 0.717) is 30.4 Å². The van der Waals surface area contributed by atoms with Gasteiger partial charge in [-0.05, 0) is 24.6 Å². The Morgan fingerprint density at radius 1 is 1.25 bits per heavy atom. The van der Waals surface area contributed by atoms with Crippen LogP contribution in [0.1, 0.15) is 5.56 Å². The molecular weight excluding hydrogens is 306 g/mol. The number of nitrogens with two attached hydrogens (primary N) is 2. The van der Waals surface area contributed by atoms with Gasteiger partial charge in [0.1, 0.15) is 5.82 Å². The molecule has 3 rings (SSSR count). The molecule has 0 aliphatic rings. The van der Waals surface area contributed by atoms with E-state index in [9.17, 15) is 0 Å². The molecule has 6 N–H and O–H groups in total. The van der Waals surface area contributed by atoms with E-state index in [1.165, 1.54) is 0 Å². The van der Waals surface area contributed by atoms with E-state index in [1.54, 1.807) is 17.8 Å². The standard InChI is InChI=1S/C16H21N7O/c1-10-3-4-11(7-12(10)17)21-15-8-13(19-5-6-24-2)16-20-9-14(18)23(16)22-15/h3-4,7-9,19H,5-6,17-18H2,1-2H3,(H,21,22). The van der Waals surface area contributed by atoms with Crippen LogP contribution in [0.15, 0.2) is 30.5 Å². The van der Waals surface area contributed by atoms with Gasteiger partial charge in [0, 0.05) is 31.1 Å². The Hall–Kier alpha value is -3.00. The lowest BCUT2D eigenvalue weighted by Gasteiger charge is -2.12. The molecule has 0 atom stereocenters. The topological polar surface area (TPSA) is 116 Å². The summed E-state index contributed by atoms with van der Waals surface area (Å²) in [5.41, 5.74) is 16.0. The number of hydrogen-bond acceptors (Lipinski definition) is 7. The molecule has 8 heteroatoms. The average Bonchev–Trinajstić information content (AvgIpc) is 2.93. The summed E-state index contributed by atoms with van der Waals surface area (Å²) in [6, 6.07) is 7.66. The van der Waals surface area contributed by atoms with Gasteiger partial charge in [-0.2, -0.15) is 4.52 Å². The van der Waals surface area contributed by atoms with Gasteiger partial charge in [-0.25, -0.2) is 4.98 Å². The van der Waals surface area contributed by atoms with Crippen LogP contribution < -0.4 is 22.1 Å². The maximum absolute atomic E-state index is 5.96. The van der Waals surface area contributed by atoms with Gasteiger partial charge < -0.3 is 26.8 Å². The van der Waals surface area contributed by atoms with Crippen LogP contribution in [0.4, 0.5) is 28.7 Å². The molecule has 0 unspecified atom stereocenters. The van der Waals surface area contributed by atoms with Gasteiger partial charge in [0.25, 0.3) is 0 Å². The highest BCUT2D eigenvalue weighted by Crippen LogP contribution is 2.25. The molecule has 24 heavy (non-hydrogen) atoms. The van der Waals surface area contributed by atoms with Gasteiger partial charge in [-0.15, -0.1) is 5.10 Å². The minimum Gasteiger partial charge on any atom is -0.398 e. The molecule has 0 fully saturated rings. The third-order valence-electron chi connectivity index (χ3n) is 3.67. The van der Waals surface area contributed by atoms with Crippen molar-refractivity contribution < 1.29 is 4.74 Å². The first kappa shape index (κ1) is 15.9. The lowest BCUT2D eigenvalue weighted by atomic mass is 10.2. The van der Waals surface area contributed by atoms with Crippen molar-refractivity contribution in [2.45, 2.75) is 6.92 Å². The molecule has 0 bridgehead atoms. The average molecular weight is 327 g/mol. The van der Waals surface area contributed by atoms with Crippen molar-refractivity contribution in [3.8, 4) is 0 Å². The second kappa shape index (κ2) is 6.63. The number of anilines is 5. The van der Waals surface area contributed by atoms with E-state index in [0.717, 1.165) is 22.6 Å². The molecule has 0 aliphatic heterocycles. The van der Waals surface area contributed by atoms with Crippen LogP contribution in [0.2, 0.25) is 0 Å². The van der Waals surface area contributed by atoms with Crippen molar-refractivity contribution in [2.24, 2.45) is 0 Å². The minimum atomic E-state index is 0.465. The monoisotopic (exact) mass is 327 g/mol. The highest BCUT2D eigenvalue weighted by atomic mass is 16.5. The second-order valence-electron chi connectivity index (χ2n) is 5.48. The fraction of sp³-hybridized carbons (Fsp3) is 0.250. The van der Waals surface area contributed by atoms with Crippen molar-refractivity contribution in [3.63, 3.8) is 0 Å². The SMILES string of the molecule is COCCNc1cc(Nc2ccc(C)c(N)c2)nn2c(N)cnc12. The maximum Gasteiger partial charge on any atom is 0.179 e. The second-order valence-corrected chi connectivity index (χ2v) is 5.48. The fourth-order valence-electron chi connectivity index (χ4n) is 2.33. The van der Waals surface area contributed by atoms with E-state index in [-0.39, 0.29) is 0 Å². The smallest absolute Gasteiger partial charge is 0.179 e. The third-order valence-corrected chi connectivity index (χ3v) is 3.67. The van der Waals surface area contributed by atoms with Crippen molar-refractivity contribution in [1.82, 2.24) is 14.6 Å². The van der Waals surface area contributed by atoms with Crippen LogP contribution in [0.5, 0.6) is 0 Å². The van der Waals surface area contributed by atoms with Gasteiger partial charge in [0.15, 0.2) is 11.5 Å². The Kier molecular flexibility index (Phi) is 4.39. The molecule has 0 aliphatic carbocycles. The van der Waals surface area contributed by atoms with Gasteiger partial charge >= 0.3 is 0 Å². The van der Waals surface area contributed by atoms with Crippen LogP contribution in [-0.4, -0.2) is 34.9 Å². The zero-order valence-corrected chi connectivity index (χ0v) is 13.7. The Balaban J connectivity index is 1.94. The first-order valence-corrected chi connectivity index (χ1v) is 7.58. The number of benzene rings is 1. The summed E-state index contributed by atoms with van der Waals surface area (Å²) in [4.78, 5) is 4.30. The molecule has 2 aromatic heterocycles. The van der Waals surface area contributed by atoms with Crippen molar-refractivity contribution in [2.75, 3.05) is 42.4 Å². The number of nitrogen functional groups attached to an aromatic ring is 2. The Bertz CT molecular complexity index is 859. The normalized spacial score (nSPS) is 10.9. The summed E-state index contributed by atoms with van der Waals surface area (Å²) >= 11 is 0. The number of methoxy groups -OCH3 is 1. The number of nitrogens with one attached hydrogen (secondary N) is 2. The summed E-state index contributed by atoms with van der Waals surface area (Å²) in [5.74, 6) is 1.10. The summed E-state index contributed by atoms with van der Waals surface area (Å²) < 4.78 is 6.66. The fourth-order valence-corrected chi connectivity index (χ4v) is 2.33. The van der Waals surface area contributed by atoms with Crippen LogP contribution in [0.3, 0.4) is 0 Å². The lowest BCUT2D eigenvalue weighted by molar-refractivity contribution is 0.211. The van der Waals surface area contributed by atoms with E-state index in [4.69, 9.17) is 16.2 Å². The van der Waals surface area contributed by atoms with Gasteiger partial charge in [-0.3, -0.25) is 0 Å². The largest absolute Gasteiger partial charge is 0.398 e. The predicted molar refractivity (Wildman–Crippen MR) is 96.6 cm³/mol. The molecular formula is C16H21N7O. The molecule has 3 aromatic rings. The highest BCUT2D eigenvalue weighted by Gasteiger charge is 2.10. The molecule has 1 aromatic carbocycles. The van der Waals surface area contributed by atoms with E-state index >= 15 is 0 Å². The zero-order valence-electron chi connectivity index (χ0n) is 13.7. The van der Waals surface area contributed by atoms with Crippen LogP contribution in [0, 0.1) is 6.92 Å². The molecule has 0 amide bonds. The number of aromatic nitrogens is 3. The quantitative estimate of drug-likeness (QED) is 0.404. The van der Waals surface area contributed by atoms with Crippen molar-refractivity contribution in [3.05, 3.63) is 36.0 Å². The van der Waals surface area contributed by atoms with Crippen molar-refractivity contribution in [1.29, 1.82) is 0 Å². The van der Waals surface area contributed by atoms with Crippen LogP contribution in [0.25, 0.3) is 5.65 Å². The number of rotatable bonds is 6.